The number of hydrogen-bond donors (Lipinski definition) is 1. The minimum atomic E-state index is -3.40. The van der Waals surface area contributed by atoms with Crippen LogP contribution in [0.15, 0.2) is 23.1 Å². The van der Waals surface area contributed by atoms with E-state index in [4.69, 9.17) is 5.11 Å². The number of sulfone groups is 1. The van der Waals surface area contributed by atoms with Gasteiger partial charge in [-0.1, -0.05) is 39.2 Å². The molecule has 0 heterocycles. The Labute approximate surface area is 120 Å². The fourth-order valence-electron chi connectivity index (χ4n) is 2.10. The first-order valence-corrected chi connectivity index (χ1v) is 8.66. The summed E-state index contributed by atoms with van der Waals surface area (Å²) < 4.78 is 24.7. The van der Waals surface area contributed by atoms with Crippen LogP contribution in [0.5, 0.6) is 0 Å². The third kappa shape index (κ3) is 4.34. The molecule has 0 spiro atoms. The van der Waals surface area contributed by atoms with Gasteiger partial charge in [-0.05, 0) is 30.5 Å². The van der Waals surface area contributed by atoms with Gasteiger partial charge >= 0.3 is 5.97 Å². The Kier molecular flexibility index (Phi) is 6.20. The zero-order valence-corrected chi connectivity index (χ0v) is 12.9. The normalized spacial score (nSPS) is 11.5. The molecule has 0 saturated heterocycles. The van der Waals surface area contributed by atoms with Crippen LogP contribution in [0.2, 0.25) is 0 Å². The molecule has 0 aliphatic rings. The Hall–Kier alpha value is -1.36. The number of unbranched alkanes of at least 4 members (excludes halogenated alkanes) is 3. The molecule has 0 radical (unpaired) electrons. The lowest BCUT2D eigenvalue weighted by Crippen LogP contribution is -2.11. The van der Waals surface area contributed by atoms with Gasteiger partial charge in [-0.3, -0.25) is 0 Å². The lowest BCUT2D eigenvalue weighted by Gasteiger charge is -2.10. The Morgan fingerprint density at radius 1 is 1.15 bits per heavy atom. The van der Waals surface area contributed by atoms with Gasteiger partial charge in [0.25, 0.3) is 0 Å². The van der Waals surface area contributed by atoms with Gasteiger partial charge in [0.2, 0.25) is 0 Å². The van der Waals surface area contributed by atoms with E-state index < -0.39 is 15.8 Å². The summed E-state index contributed by atoms with van der Waals surface area (Å²) in [4.78, 5) is 11.2. The minimum Gasteiger partial charge on any atom is -0.478 e. The molecule has 1 aromatic carbocycles. The zero-order valence-electron chi connectivity index (χ0n) is 12.1. The number of carboxylic acid groups (broad SMARTS) is 1. The summed E-state index contributed by atoms with van der Waals surface area (Å²) in [5.74, 6) is -1.02. The van der Waals surface area contributed by atoms with Crippen LogP contribution >= 0.6 is 0 Å². The highest BCUT2D eigenvalue weighted by Gasteiger charge is 2.19. The largest absolute Gasteiger partial charge is 0.478 e. The fraction of sp³-hybridized carbons (Fsp3) is 0.533. The molecule has 1 rings (SSSR count). The van der Waals surface area contributed by atoms with E-state index in [0.717, 1.165) is 19.3 Å². The molecule has 1 aromatic rings. The van der Waals surface area contributed by atoms with Gasteiger partial charge in [0.1, 0.15) is 0 Å². The van der Waals surface area contributed by atoms with E-state index in [9.17, 15) is 13.2 Å². The van der Waals surface area contributed by atoms with Gasteiger partial charge in [-0.2, -0.15) is 0 Å². The van der Waals surface area contributed by atoms with Gasteiger partial charge in [-0.15, -0.1) is 0 Å². The number of carbonyl (C=O) groups is 1. The number of rotatable bonds is 8. The van der Waals surface area contributed by atoms with Crippen molar-refractivity contribution < 1.29 is 18.3 Å². The first-order chi connectivity index (χ1) is 9.42. The Morgan fingerprint density at radius 3 is 2.40 bits per heavy atom. The van der Waals surface area contributed by atoms with Crippen LogP contribution in [0.4, 0.5) is 0 Å². The standard InChI is InChI=1S/C15H22O4S/c1-3-5-6-7-10-20(18,19)14-11-13(15(16)17)9-8-12(14)4-2/h8-9,11H,3-7,10H2,1-2H3,(H,16,17). The lowest BCUT2D eigenvalue weighted by atomic mass is 10.1. The first kappa shape index (κ1) is 16.7. The smallest absolute Gasteiger partial charge is 0.335 e. The monoisotopic (exact) mass is 298 g/mol. The molecule has 0 unspecified atom stereocenters. The van der Waals surface area contributed by atoms with Crippen molar-refractivity contribution in [1.82, 2.24) is 0 Å². The predicted octanol–water partition coefficient (Wildman–Crippen LogP) is 3.30. The van der Waals surface area contributed by atoms with Crippen molar-refractivity contribution in [3.8, 4) is 0 Å². The molecule has 0 aliphatic carbocycles. The quantitative estimate of drug-likeness (QED) is 0.747. The number of aromatic carboxylic acids is 1. The van der Waals surface area contributed by atoms with Crippen molar-refractivity contribution in [3.63, 3.8) is 0 Å². The van der Waals surface area contributed by atoms with Gasteiger partial charge in [-0.25, -0.2) is 13.2 Å². The predicted molar refractivity (Wildman–Crippen MR) is 79.0 cm³/mol. The fourth-order valence-corrected chi connectivity index (χ4v) is 3.82. The first-order valence-electron chi connectivity index (χ1n) is 7.01. The van der Waals surface area contributed by atoms with Crippen LogP contribution in [0.3, 0.4) is 0 Å². The third-order valence-electron chi connectivity index (χ3n) is 3.30. The highest BCUT2D eigenvalue weighted by molar-refractivity contribution is 7.91. The van der Waals surface area contributed by atoms with Crippen LogP contribution in [-0.4, -0.2) is 25.2 Å². The highest BCUT2D eigenvalue weighted by Crippen LogP contribution is 2.21. The zero-order chi connectivity index (χ0) is 15.2. The molecular formula is C15H22O4S. The topological polar surface area (TPSA) is 71.4 Å². The molecule has 0 bridgehead atoms. The van der Waals surface area contributed by atoms with Gasteiger partial charge < -0.3 is 5.11 Å². The summed E-state index contributed by atoms with van der Waals surface area (Å²) in [5, 5.41) is 8.99. The number of benzene rings is 1. The molecule has 20 heavy (non-hydrogen) atoms. The van der Waals surface area contributed by atoms with Crippen molar-refractivity contribution in [3.05, 3.63) is 29.3 Å². The van der Waals surface area contributed by atoms with E-state index in [-0.39, 0.29) is 16.2 Å². The van der Waals surface area contributed by atoms with Crippen LogP contribution in [0.1, 0.15) is 55.5 Å². The molecule has 0 aliphatic heterocycles. The molecular weight excluding hydrogens is 276 g/mol. The molecule has 0 atom stereocenters. The van der Waals surface area contributed by atoms with Gasteiger partial charge in [0.15, 0.2) is 9.84 Å². The van der Waals surface area contributed by atoms with Crippen molar-refractivity contribution in [2.45, 2.75) is 50.8 Å². The molecule has 112 valence electrons. The van der Waals surface area contributed by atoms with Crippen LogP contribution in [0, 0.1) is 0 Å². The Balaban J connectivity index is 3.02. The average molecular weight is 298 g/mol. The number of carboxylic acids is 1. The molecule has 0 saturated carbocycles. The van der Waals surface area contributed by atoms with Crippen molar-refractivity contribution in [1.29, 1.82) is 0 Å². The van der Waals surface area contributed by atoms with E-state index in [1.54, 1.807) is 6.07 Å². The van der Waals surface area contributed by atoms with E-state index in [1.165, 1.54) is 12.1 Å². The summed E-state index contributed by atoms with van der Waals surface area (Å²) in [6, 6.07) is 4.34. The molecule has 0 amide bonds. The molecule has 0 fully saturated rings. The van der Waals surface area contributed by atoms with Crippen LogP contribution in [0.25, 0.3) is 0 Å². The number of hydrogen-bond acceptors (Lipinski definition) is 3. The van der Waals surface area contributed by atoms with E-state index in [1.807, 2.05) is 6.92 Å². The highest BCUT2D eigenvalue weighted by atomic mass is 32.2. The summed E-state index contributed by atoms with van der Waals surface area (Å²) in [6.07, 6.45) is 4.15. The summed E-state index contributed by atoms with van der Waals surface area (Å²) >= 11 is 0. The maximum Gasteiger partial charge on any atom is 0.335 e. The van der Waals surface area contributed by atoms with Gasteiger partial charge in [0.05, 0.1) is 16.2 Å². The van der Waals surface area contributed by atoms with Crippen LogP contribution in [-0.2, 0) is 16.3 Å². The maximum atomic E-state index is 12.4. The second kappa shape index (κ2) is 7.43. The summed E-state index contributed by atoms with van der Waals surface area (Å²) in [5.41, 5.74) is 0.708. The Morgan fingerprint density at radius 2 is 1.85 bits per heavy atom. The van der Waals surface area contributed by atoms with Crippen molar-refractivity contribution >= 4 is 15.8 Å². The number of aryl methyl sites for hydroxylation is 1. The molecule has 4 nitrogen and oxygen atoms in total. The maximum absolute atomic E-state index is 12.4. The van der Waals surface area contributed by atoms with Gasteiger partial charge in [0, 0.05) is 0 Å². The lowest BCUT2D eigenvalue weighted by molar-refractivity contribution is 0.0696. The molecule has 1 N–H and O–H groups in total. The molecule has 5 heteroatoms. The second-order valence-electron chi connectivity index (χ2n) is 4.86. The summed E-state index contributed by atoms with van der Waals surface area (Å²) in [6.45, 7) is 3.94. The van der Waals surface area contributed by atoms with E-state index in [2.05, 4.69) is 6.92 Å². The third-order valence-corrected chi connectivity index (χ3v) is 5.17. The van der Waals surface area contributed by atoms with Crippen molar-refractivity contribution in [2.24, 2.45) is 0 Å². The summed E-state index contributed by atoms with van der Waals surface area (Å²) in [7, 11) is -3.40. The van der Waals surface area contributed by atoms with Crippen molar-refractivity contribution in [2.75, 3.05) is 5.75 Å². The molecule has 0 aromatic heterocycles. The van der Waals surface area contributed by atoms with E-state index in [0.29, 0.717) is 18.4 Å². The Bertz CT molecular complexity index is 561. The minimum absolute atomic E-state index is 0.0225. The van der Waals surface area contributed by atoms with E-state index >= 15 is 0 Å². The SMILES string of the molecule is CCCCCCS(=O)(=O)c1cc(C(=O)O)ccc1CC. The van der Waals surface area contributed by atoms with Crippen LogP contribution < -0.4 is 0 Å². The second-order valence-corrected chi connectivity index (χ2v) is 6.94. The average Bonchev–Trinajstić information content (AvgIpc) is 2.42.